The molecule has 3 N–H and O–H groups in total. The van der Waals surface area contributed by atoms with E-state index in [9.17, 15) is 0 Å². The number of nitrogens with two attached hydrogens (primary N) is 1. The van der Waals surface area contributed by atoms with Crippen LogP contribution in [0.2, 0.25) is 0 Å². The molecule has 0 saturated carbocycles. The van der Waals surface area contributed by atoms with Gasteiger partial charge in [-0.1, -0.05) is 30.3 Å². The summed E-state index contributed by atoms with van der Waals surface area (Å²) in [5.41, 5.74) is 7.47. The minimum atomic E-state index is 0.201. The van der Waals surface area contributed by atoms with Crippen molar-refractivity contribution < 1.29 is 0 Å². The Bertz CT molecular complexity index is 453. The van der Waals surface area contributed by atoms with Gasteiger partial charge in [0.05, 0.1) is 5.69 Å². The smallest absolute Gasteiger partial charge is 0.148 e. The molecule has 17 heavy (non-hydrogen) atoms. The molecule has 1 unspecified atom stereocenters. The SMILES string of the molecule is CC(CN)Nc1ccc(-c2ccccc2)nn1. The van der Waals surface area contributed by atoms with Gasteiger partial charge in [0.1, 0.15) is 5.82 Å². The fourth-order valence-corrected chi connectivity index (χ4v) is 1.48. The van der Waals surface area contributed by atoms with Crippen molar-refractivity contribution in [3.63, 3.8) is 0 Å². The van der Waals surface area contributed by atoms with Crippen molar-refractivity contribution in [2.24, 2.45) is 5.73 Å². The van der Waals surface area contributed by atoms with Gasteiger partial charge in [-0.2, -0.15) is 0 Å². The number of nitrogens with zero attached hydrogens (tertiary/aromatic N) is 2. The molecule has 4 nitrogen and oxygen atoms in total. The molecule has 1 heterocycles. The predicted octanol–water partition coefficient (Wildman–Crippen LogP) is 1.90. The summed E-state index contributed by atoms with van der Waals surface area (Å²) in [6, 6.07) is 14.1. The van der Waals surface area contributed by atoms with Crippen molar-refractivity contribution in [2.75, 3.05) is 11.9 Å². The van der Waals surface area contributed by atoms with Crippen molar-refractivity contribution in [2.45, 2.75) is 13.0 Å². The molecule has 0 radical (unpaired) electrons. The Morgan fingerprint density at radius 1 is 1.12 bits per heavy atom. The molecular weight excluding hydrogens is 212 g/mol. The Morgan fingerprint density at radius 2 is 1.88 bits per heavy atom. The zero-order valence-electron chi connectivity index (χ0n) is 9.80. The van der Waals surface area contributed by atoms with Crippen LogP contribution in [0.5, 0.6) is 0 Å². The molecule has 4 heteroatoms. The maximum Gasteiger partial charge on any atom is 0.148 e. The summed E-state index contributed by atoms with van der Waals surface area (Å²) in [6.45, 7) is 2.58. The lowest BCUT2D eigenvalue weighted by molar-refractivity contribution is 0.792. The monoisotopic (exact) mass is 228 g/mol. The van der Waals surface area contributed by atoms with Crippen LogP contribution in [0.15, 0.2) is 42.5 Å². The second kappa shape index (κ2) is 5.41. The summed E-state index contributed by atoms with van der Waals surface area (Å²) in [5, 5.41) is 11.5. The van der Waals surface area contributed by atoms with E-state index in [2.05, 4.69) is 15.5 Å². The first-order chi connectivity index (χ1) is 8.29. The lowest BCUT2D eigenvalue weighted by Crippen LogP contribution is -2.25. The second-order valence-corrected chi connectivity index (χ2v) is 3.95. The number of rotatable bonds is 4. The number of hydrogen-bond acceptors (Lipinski definition) is 4. The van der Waals surface area contributed by atoms with Crippen LogP contribution in [-0.2, 0) is 0 Å². The number of hydrogen-bond donors (Lipinski definition) is 2. The molecule has 2 rings (SSSR count). The molecule has 2 aromatic rings. The minimum absolute atomic E-state index is 0.201. The molecule has 0 saturated heterocycles. The molecule has 0 aliphatic heterocycles. The van der Waals surface area contributed by atoms with Crippen molar-refractivity contribution in [1.29, 1.82) is 0 Å². The third-order valence-electron chi connectivity index (χ3n) is 2.48. The number of nitrogens with one attached hydrogen (secondary N) is 1. The molecule has 1 atom stereocenters. The van der Waals surface area contributed by atoms with E-state index < -0.39 is 0 Å². The maximum atomic E-state index is 5.53. The highest BCUT2D eigenvalue weighted by Crippen LogP contribution is 2.16. The van der Waals surface area contributed by atoms with E-state index in [0.717, 1.165) is 17.1 Å². The number of anilines is 1. The third kappa shape index (κ3) is 3.01. The van der Waals surface area contributed by atoms with Crippen molar-refractivity contribution >= 4 is 5.82 Å². The molecule has 1 aromatic heterocycles. The van der Waals surface area contributed by atoms with Gasteiger partial charge >= 0.3 is 0 Å². The van der Waals surface area contributed by atoms with Crippen molar-refractivity contribution in [3.8, 4) is 11.3 Å². The molecule has 1 aromatic carbocycles. The first-order valence-corrected chi connectivity index (χ1v) is 5.65. The zero-order valence-corrected chi connectivity index (χ0v) is 9.80. The van der Waals surface area contributed by atoms with E-state index in [-0.39, 0.29) is 6.04 Å². The summed E-state index contributed by atoms with van der Waals surface area (Å²) in [5.74, 6) is 0.752. The first kappa shape index (κ1) is 11.5. The standard InChI is InChI=1S/C13H16N4/c1-10(9-14)15-13-8-7-12(16-17-13)11-5-3-2-4-6-11/h2-8,10H,9,14H2,1H3,(H,15,17). The highest BCUT2D eigenvalue weighted by molar-refractivity contribution is 5.59. The molecule has 0 amide bonds. The van der Waals surface area contributed by atoms with E-state index in [1.54, 1.807) is 0 Å². The molecule has 0 fully saturated rings. The molecule has 0 aliphatic rings. The van der Waals surface area contributed by atoms with Crippen LogP contribution >= 0.6 is 0 Å². The normalized spacial score (nSPS) is 12.1. The highest BCUT2D eigenvalue weighted by atomic mass is 15.2. The van der Waals surface area contributed by atoms with Gasteiger partial charge in [0.25, 0.3) is 0 Å². The molecule has 88 valence electrons. The lowest BCUT2D eigenvalue weighted by atomic mass is 10.1. The van der Waals surface area contributed by atoms with Gasteiger partial charge in [-0.05, 0) is 19.1 Å². The van der Waals surface area contributed by atoms with E-state index in [0.29, 0.717) is 6.54 Å². The third-order valence-corrected chi connectivity index (χ3v) is 2.48. The van der Waals surface area contributed by atoms with E-state index in [1.807, 2.05) is 49.4 Å². The van der Waals surface area contributed by atoms with Gasteiger partial charge in [-0.3, -0.25) is 0 Å². The van der Waals surface area contributed by atoms with Gasteiger partial charge in [-0.25, -0.2) is 0 Å². The number of aromatic nitrogens is 2. The zero-order chi connectivity index (χ0) is 12.1. The second-order valence-electron chi connectivity index (χ2n) is 3.95. The fourth-order valence-electron chi connectivity index (χ4n) is 1.48. The Morgan fingerprint density at radius 3 is 2.47 bits per heavy atom. The fraction of sp³-hybridized carbons (Fsp3) is 0.231. The van der Waals surface area contributed by atoms with Crippen LogP contribution in [0.4, 0.5) is 5.82 Å². The average molecular weight is 228 g/mol. The quantitative estimate of drug-likeness (QED) is 0.839. The van der Waals surface area contributed by atoms with E-state index in [1.165, 1.54) is 0 Å². The summed E-state index contributed by atoms with van der Waals surface area (Å²) in [4.78, 5) is 0. The average Bonchev–Trinajstić information content (AvgIpc) is 2.40. The van der Waals surface area contributed by atoms with Crippen molar-refractivity contribution in [3.05, 3.63) is 42.5 Å². The molecule has 0 aliphatic carbocycles. The van der Waals surface area contributed by atoms with Crippen LogP contribution in [0.3, 0.4) is 0 Å². The summed E-state index contributed by atoms with van der Waals surface area (Å²) < 4.78 is 0. The van der Waals surface area contributed by atoms with Crippen LogP contribution < -0.4 is 11.1 Å². The maximum absolute atomic E-state index is 5.53. The topological polar surface area (TPSA) is 63.8 Å². The van der Waals surface area contributed by atoms with Crippen LogP contribution in [0, 0.1) is 0 Å². The van der Waals surface area contributed by atoms with Crippen LogP contribution in [-0.4, -0.2) is 22.8 Å². The van der Waals surface area contributed by atoms with Gasteiger partial charge in [-0.15, -0.1) is 10.2 Å². The lowest BCUT2D eigenvalue weighted by Gasteiger charge is -2.11. The van der Waals surface area contributed by atoms with E-state index in [4.69, 9.17) is 5.73 Å². The highest BCUT2D eigenvalue weighted by Gasteiger charge is 2.02. The Labute approximate surface area is 101 Å². The molecule has 0 spiro atoms. The van der Waals surface area contributed by atoms with Crippen molar-refractivity contribution in [1.82, 2.24) is 10.2 Å². The van der Waals surface area contributed by atoms with Gasteiger partial charge < -0.3 is 11.1 Å². The Balaban J connectivity index is 2.13. The Hall–Kier alpha value is -1.94. The number of benzene rings is 1. The largest absolute Gasteiger partial charge is 0.365 e. The van der Waals surface area contributed by atoms with Crippen LogP contribution in [0.25, 0.3) is 11.3 Å². The van der Waals surface area contributed by atoms with E-state index >= 15 is 0 Å². The molecular formula is C13H16N4. The summed E-state index contributed by atoms with van der Waals surface area (Å²) >= 11 is 0. The minimum Gasteiger partial charge on any atom is -0.365 e. The van der Waals surface area contributed by atoms with Crippen LogP contribution in [0.1, 0.15) is 6.92 Å². The Kier molecular flexibility index (Phi) is 3.67. The van der Waals surface area contributed by atoms with Gasteiger partial charge in [0.2, 0.25) is 0 Å². The molecule has 0 bridgehead atoms. The summed E-state index contributed by atoms with van der Waals surface area (Å²) in [7, 11) is 0. The van der Waals surface area contributed by atoms with Gasteiger partial charge in [0, 0.05) is 18.2 Å². The predicted molar refractivity (Wildman–Crippen MR) is 69.6 cm³/mol. The first-order valence-electron chi connectivity index (χ1n) is 5.65. The van der Waals surface area contributed by atoms with Gasteiger partial charge in [0.15, 0.2) is 0 Å². The summed E-state index contributed by atoms with van der Waals surface area (Å²) in [6.07, 6.45) is 0.